The van der Waals surface area contributed by atoms with Gasteiger partial charge in [0, 0.05) is 6.26 Å². The van der Waals surface area contributed by atoms with Crippen LogP contribution in [0.5, 0.6) is 0 Å². The molecular weight excluding hydrogens is 232 g/mol. The average Bonchev–Trinajstić information content (AvgIpc) is 2.62. The van der Waals surface area contributed by atoms with Crippen LogP contribution >= 0.6 is 0 Å². The van der Waals surface area contributed by atoms with Gasteiger partial charge in [-0.1, -0.05) is 5.16 Å². The molecule has 0 aliphatic heterocycles. The van der Waals surface area contributed by atoms with E-state index < -0.39 is 21.0 Å². The van der Waals surface area contributed by atoms with E-state index in [1.807, 2.05) is 0 Å². The van der Waals surface area contributed by atoms with E-state index in [2.05, 4.69) is 10.1 Å². The normalized spacial score (nSPS) is 15.8. The van der Waals surface area contributed by atoms with Gasteiger partial charge in [0.15, 0.2) is 15.7 Å². The highest BCUT2D eigenvalue weighted by atomic mass is 32.2. The SMILES string of the molecule is CC(=O)C(C)c1nc(C(C)S(C)(=O)=O)no1. The Bertz CT molecular complexity index is 491. The average molecular weight is 246 g/mol. The lowest BCUT2D eigenvalue weighted by Crippen LogP contribution is -2.10. The number of aromatic nitrogens is 2. The van der Waals surface area contributed by atoms with Crippen LogP contribution in [0.1, 0.15) is 43.7 Å². The summed E-state index contributed by atoms with van der Waals surface area (Å²) in [4.78, 5) is 15.0. The van der Waals surface area contributed by atoms with Gasteiger partial charge in [-0.25, -0.2) is 8.42 Å². The number of ketones is 1. The molecule has 0 saturated heterocycles. The van der Waals surface area contributed by atoms with Crippen molar-refractivity contribution in [1.29, 1.82) is 0 Å². The van der Waals surface area contributed by atoms with Crippen LogP contribution in [0.4, 0.5) is 0 Å². The van der Waals surface area contributed by atoms with Crippen molar-refractivity contribution in [2.75, 3.05) is 6.26 Å². The largest absolute Gasteiger partial charge is 0.339 e. The highest BCUT2D eigenvalue weighted by Gasteiger charge is 2.25. The van der Waals surface area contributed by atoms with Crippen molar-refractivity contribution in [2.24, 2.45) is 0 Å². The summed E-state index contributed by atoms with van der Waals surface area (Å²) < 4.78 is 27.4. The third kappa shape index (κ3) is 2.66. The fourth-order valence-corrected chi connectivity index (χ4v) is 1.43. The number of carbonyl (C=O) groups is 1. The second-order valence-corrected chi connectivity index (χ2v) is 6.16. The third-order valence-electron chi connectivity index (χ3n) is 2.44. The molecule has 1 rings (SSSR count). The Morgan fingerprint density at radius 3 is 2.38 bits per heavy atom. The van der Waals surface area contributed by atoms with Crippen molar-refractivity contribution >= 4 is 15.6 Å². The van der Waals surface area contributed by atoms with Crippen molar-refractivity contribution in [3.8, 4) is 0 Å². The van der Waals surface area contributed by atoms with Gasteiger partial charge in [0.1, 0.15) is 11.0 Å². The van der Waals surface area contributed by atoms with Crippen LogP contribution < -0.4 is 0 Å². The fourth-order valence-electron chi connectivity index (χ4n) is 0.954. The van der Waals surface area contributed by atoms with Crippen molar-refractivity contribution in [1.82, 2.24) is 10.1 Å². The first-order valence-electron chi connectivity index (χ1n) is 4.76. The van der Waals surface area contributed by atoms with Crippen molar-refractivity contribution < 1.29 is 17.7 Å². The molecule has 0 radical (unpaired) electrons. The smallest absolute Gasteiger partial charge is 0.236 e. The zero-order valence-electron chi connectivity index (χ0n) is 9.59. The fraction of sp³-hybridized carbons (Fsp3) is 0.667. The molecule has 2 atom stereocenters. The Hall–Kier alpha value is -1.24. The van der Waals surface area contributed by atoms with E-state index in [1.165, 1.54) is 13.8 Å². The Labute approximate surface area is 94.0 Å². The molecule has 1 aromatic rings. The summed E-state index contributed by atoms with van der Waals surface area (Å²) in [6, 6.07) is 0. The highest BCUT2D eigenvalue weighted by molar-refractivity contribution is 7.90. The molecule has 0 aliphatic carbocycles. The molecule has 6 nitrogen and oxygen atoms in total. The number of sulfone groups is 1. The number of Topliss-reactive ketones (excluding diaryl/α,β-unsaturated/α-hetero) is 1. The van der Waals surface area contributed by atoms with Gasteiger partial charge in [-0.3, -0.25) is 4.79 Å². The Morgan fingerprint density at radius 2 is 1.94 bits per heavy atom. The van der Waals surface area contributed by atoms with Crippen LogP contribution in [0.2, 0.25) is 0 Å². The monoisotopic (exact) mass is 246 g/mol. The molecule has 0 aromatic carbocycles. The summed E-state index contributed by atoms with van der Waals surface area (Å²) >= 11 is 0. The number of nitrogens with zero attached hydrogens (tertiary/aromatic N) is 2. The maximum absolute atomic E-state index is 11.3. The lowest BCUT2D eigenvalue weighted by Gasteiger charge is -2.02. The molecular formula is C9H14N2O4S. The third-order valence-corrected chi connectivity index (χ3v) is 3.94. The van der Waals surface area contributed by atoms with Gasteiger partial charge in [0.25, 0.3) is 0 Å². The molecule has 0 fully saturated rings. The minimum atomic E-state index is -3.26. The molecule has 0 spiro atoms. The quantitative estimate of drug-likeness (QED) is 0.782. The number of hydrogen-bond acceptors (Lipinski definition) is 6. The van der Waals surface area contributed by atoms with Gasteiger partial charge in [-0.15, -0.1) is 0 Å². The lowest BCUT2D eigenvalue weighted by atomic mass is 10.1. The summed E-state index contributed by atoms with van der Waals surface area (Å²) in [5.74, 6) is -0.376. The predicted molar refractivity (Wildman–Crippen MR) is 56.7 cm³/mol. The van der Waals surface area contributed by atoms with E-state index in [0.717, 1.165) is 6.26 Å². The first kappa shape index (κ1) is 12.8. The van der Waals surface area contributed by atoms with Gasteiger partial charge >= 0.3 is 0 Å². The second-order valence-electron chi connectivity index (χ2n) is 3.79. The Kier molecular flexibility index (Phi) is 3.47. The number of carbonyl (C=O) groups excluding carboxylic acids is 1. The summed E-state index contributed by atoms with van der Waals surface area (Å²) in [5.41, 5.74) is 0. The topological polar surface area (TPSA) is 90.1 Å². The van der Waals surface area contributed by atoms with Crippen LogP contribution in [0.15, 0.2) is 4.52 Å². The summed E-state index contributed by atoms with van der Waals surface area (Å²) in [5, 5.41) is 2.74. The highest BCUT2D eigenvalue weighted by Crippen LogP contribution is 2.20. The first-order valence-corrected chi connectivity index (χ1v) is 6.71. The zero-order chi connectivity index (χ0) is 12.5. The van der Waals surface area contributed by atoms with E-state index >= 15 is 0 Å². The van der Waals surface area contributed by atoms with Crippen LogP contribution in [-0.2, 0) is 14.6 Å². The standard InChI is InChI=1S/C9H14N2O4S/c1-5(6(2)12)9-10-8(11-15-9)7(3)16(4,13)14/h5,7H,1-4H3. The van der Waals surface area contributed by atoms with E-state index in [4.69, 9.17) is 4.52 Å². The molecule has 16 heavy (non-hydrogen) atoms. The second kappa shape index (κ2) is 4.32. The minimum absolute atomic E-state index is 0.0885. The number of hydrogen-bond donors (Lipinski definition) is 0. The molecule has 0 aliphatic rings. The minimum Gasteiger partial charge on any atom is -0.339 e. The van der Waals surface area contributed by atoms with E-state index in [9.17, 15) is 13.2 Å². The summed E-state index contributed by atoms with van der Waals surface area (Å²) in [6.07, 6.45) is 1.10. The Morgan fingerprint density at radius 1 is 1.38 bits per heavy atom. The first-order chi connectivity index (χ1) is 7.23. The van der Waals surface area contributed by atoms with Gasteiger partial charge < -0.3 is 4.52 Å². The predicted octanol–water partition coefficient (Wildman–Crippen LogP) is 0.868. The maximum Gasteiger partial charge on any atom is 0.236 e. The van der Waals surface area contributed by atoms with Crippen LogP contribution in [0.25, 0.3) is 0 Å². The number of rotatable bonds is 4. The Balaban J connectivity index is 3.00. The molecule has 0 N–H and O–H groups in total. The van der Waals surface area contributed by atoms with Gasteiger partial charge in [0.05, 0.1) is 5.92 Å². The van der Waals surface area contributed by atoms with E-state index in [-0.39, 0.29) is 17.5 Å². The van der Waals surface area contributed by atoms with Gasteiger partial charge in [0.2, 0.25) is 5.89 Å². The van der Waals surface area contributed by atoms with E-state index in [0.29, 0.717) is 0 Å². The molecule has 1 aromatic heterocycles. The summed E-state index contributed by atoms with van der Waals surface area (Å²) in [6.45, 7) is 4.52. The van der Waals surface area contributed by atoms with Crippen LogP contribution in [-0.4, -0.2) is 30.6 Å². The molecule has 2 unspecified atom stereocenters. The molecule has 0 bridgehead atoms. The van der Waals surface area contributed by atoms with Gasteiger partial charge in [-0.2, -0.15) is 4.98 Å². The molecule has 0 amide bonds. The van der Waals surface area contributed by atoms with Gasteiger partial charge in [-0.05, 0) is 20.8 Å². The molecule has 1 heterocycles. The van der Waals surface area contributed by atoms with Crippen molar-refractivity contribution in [3.05, 3.63) is 11.7 Å². The van der Waals surface area contributed by atoms with Crippen molar-refractivity contribution in [3.63, 3.8) is 0 Å². The summed E-state index contributed by atoms with van der Waals surface area (Å²) in [7, 11) is -3.26. The lowest BCUT2D eigenvalue weighted by molar-refractivity contribution is -0.118. The van der Waals surface area contributed by atoms with Crippen LogP contribution in [0, 0.1) is 0 Å². The van der Waals surface area contributed by atoms with Crippen molar-refractivity contribution in [2.45, 2.75) is 31.9 Å². The van der Waals surface area contributed by atoms with E-state index in [1.54, 1.807) is 6.92 Å². The maximum atomic E-state index is 11.3. The molecule has 0 saturated carbocycles. The van der Waals surface area contributed by atoms with Crippen LogP contribution in [0.3, 0.4) is 0 Å². The molecule has 90 valence electrons. The molecule has 7 heteroatoms. The zero-order valence-corrected chi connectivity index (χ0v) is 10.4.